The summed E-state index contributed by atoms with van der Waals surface area (Å²) in [5, 5.41) is 1.06. The van der Waals surface area contributed by atoms with E-state index in [4.69, 9.17) is 11.6 Å². The van der Waals surface area contributed by atoms with E-state index in [0.29, 0.717) is 17.9 Å². The van der Waals surface area contributed by atoms with Crippen LogP contribution in [0.4, 0.5) is 4.39 Å². The van der Waals surface area contributed by atoms with Crippen molar-refractivity contribution < 1.29 is 4.39 Å². The molecule has 0 aliphatic rings. The lowest BCUT2D eigenvalue weighted by atomic mass is 9.76. The van der Waals surface area contributed by atoms with Crippen LogP contribution < -0.4 is 0 Å². The molecule has 0 N–H and O–H groups in total. The molecule has 0 spiro atoms. The van der Waals surface area contributed by atoms with Gasteiger partial charge in [-0.1, -0.05) is 60.4 Å². The summed E-state index contributed by atoms with van der Waals surface area (Å²) in [4.78, 5) is 0. The van der Waals surface area contributed by atoms with Crippen LogP contribution in [0.1, 0.15) is 26.3 Å². The molecular weight excluding hydrogens is 290 g/mol. The predicted octanol–water partition coefficient (Wildman–Crippen LogP) is 5.08. The summed E-state index contributed by atoms with van der Waals surface area (Å²) in [5.74, 6) is 0.197. The average Bonchev–Trinajstić information content (AvgIpc) is 2.24. The monoisotopic (exact) mass is 306 g/mol. The minimum Gasteiger partial charge on any atom is -0.205 e. The lowest BCUT2D eigenvalue weighted by molar-refractivity contribution is 0.255. The first-order valence-corrected chi connectivity index (χ1v) is 6.89. The molecule has 1 unspecified atom stereocenters. The maximum Gasteiger partial charge on any atom is 0.144 e. The first-order valence-electron chi connectivity index (χ1n) is 5.39. The van der Waals surface area contributed by atoms with Crippen LogP contribution in [-0.2, 0) is 6.42 Å². The van der Waals surface area contributed by atoms with Crippen LogP contribution >= 0.6 is 27.5 Å². The fourth-order valence-corrected chi connectivity index (χ4v) is 2.57. The second-order valence-electron chi connectivity index (χ2n) is 4.83. The molecule has 0 saturated carbocycles. The van der Waals surface area contributed by atoms with Crippen LogP contribution in [0, 0.1) is 17.2 Å². The van der Waals surface area contributed by atoms with Gasteiger partial charge >= 0.3 is 0 Å². The summed E-state index contributed by atoms with van der Waals surface area (Å²) in [6.45, 7) is 6.47. The van der Waals surface area contributed by atoms with Crippen molar-refractivity contribution in [1.29, 1.82) is 0 Å². The third-order valence-corrected chi connectivity index (χ3v) is 4.90. The number of benzene rings is 1. The van der Waals surface area contributed by atoms with Gasteiger partial charge in [0.25, 0.3) is 0 Å². The summed E-state index contributed by atoms with van der Waals surface area (Å²) in [5.41, 5.74) is 0.745. The molecule has 1 aromatic carbocycles. The highest BCUT2D eigenvalue weighted by molar-refractivity contribution is 9.09. The molecule has 1 atom stereocenters. The zero-order valence-electron chi connectivity index (χ0n) is 9.86. The topological polar surface area (TPSA) is 0 Å². The van der Waals surface area contributed by atoms with Gasteiger partial charge in [-0.05, 0) is 29.4 Å². The van der Waals surface area contributed by atoms with E-state index >= 15 is 0 Å². The standard InChI is InChI=1S/C13H17BrClF/c1-9(2)13(3,8-14)7-10-5-4-6-11(15)12(10)16/h4-6,9H,7-8H2,1-3H3. The molecule has 0 aliphatic carbocycles. The summed E-state index contributed by atoms with van der Waals surface area (Å²) >= 11 is 9.30. The zero-order chi connectivity index (χ0) is 12.3. The van der Waals surface area contributed by atoms with E-state index in [2.05, 4.69) is 36.7 Å². The highest BCUT2D eigenvalue weighted by atomic mass is 79.9. The van der Waals surface area contributed by atoms with E-state index in [-0.39, 0.29) is 16.3 Å². The molecule has 16 heavy (non-hydrogen) atoms. The zero-order valence-corrected chi connectivity index (χ0v) is 12.2. The number of hydrogen-bond acceptors (Lipinski definition) is 0. The molecule has 0 aliphatic heterocycles. The van der Waals surface area contributed by atoms with Crippen LogP contribution in [0.25, 0.3) is 0 Å². The van der Waals surface area contributed by atoms with E-state index < -0.39 is 0 Å². The maximum absolute atomic E-state index is 13.8. The molecule has 0 fully saturated rings. The SMILES string of the molecule is CC(C)C(C)(CBr)Cc1cccc(Cl)c1F. The van der Waals surface area contributed by atoms with Crippen LogP contribution in [0.3, 0.4) is 0 Å². The Morgan fingerprint density at radius 3 is 2.56 bits per heavy atom. The Hall–Kier alpha value is -0.0800. The molecule has 0 radical (unpaired) electrons. The minimum atomic E-state index is -0.281. The number of hydrogen-bond donors (Lipinski definition) is 0. The molecule has 0 bridgehead atoms. The largest absolute Gasteiger partial charge is 0.205 e. The van der Waals surface area contributed by atoms with Crippen molar-refractivity contribution in [2.24, 2.45) is 11.3 Å². The summed E-state index contributed by atoms with van der Waals surface area (Å²) < 4.78 is 13.8. The van der Waals surface area contributed by atoms with Crippen LogP contribution in [0.15, 0.2) is 18.2 Å². The Bertz CT molecular complexity index is 365. The van der Waals surface area contributed by atoms with Gasteiger partial charge in [0, 0.05) is 5.33 Å². The molecule has 1 aromatic rings. The van der Waals surface area contributed by atoms with Gasteiger partial charge < -0.3 is 0 Å². The molecule has 90 valence electrons. The first-order chi connectivity index (χ1) is 7.40. The third-order valence-electron chi connectivity index (χ3n) is 3.32. The van der Waals surface area contributed by atoms with Crippen molar-refractivity contribution in [2.45, 2.75) is 27.2 Å². The van der Waals surface area contributed by atoms with Crippen molar-refractivity contribution in [1.82, 2.24) is 0 Å². The Kier molecular flexibility index (Phi) is 4.81. The lowest BCUT2D eigenvalue weighted by Crippen LogP contribution is -2.28. The van der Waals surface area contributed by atoms with Crippen LogP contribution in [0.2, 0.25) is 5.02 Å². The van der Waals surface area contributed by atoms with Gasteiger partial charge in [0.2, 0.25) is 0 Å². The minimum absolute atomic E-state index is 0.0471. The Morgan fingerprint density at radius 1 is 1.44 bits per heavy atom. The van der Waals surface area contributed by atoms with Gasteiger partial charge in [0.1, 0.15) is 5.82 Å². The molecule has 0 amide bonds. The van der Waals surface area contributed by atoms with Crippen molar-refractivity contribution in [3.63, 3.8) is 0 Å². The van der Waals surface area contributed by atoms with E-state index in [1.807, 2.05) is 6.07 Å². The van der Waals surface area contributed by atoms with Gasteiger partial charge in [0.15, 0.2) is 0 Å². The number of halogens is 3. The van der Waals surface area contributed by atoms with Crippen LogP contribution in [-0.4, -0.2) is 5.33 Å². The van der Waals surface area contributed by atoms with Gasteiger partial charge in [-0.25, -0.2) is 4.39 Å². The molecule has 0 aromatic heterocycles. The van der Waals surface area contributed by atoms with Crippen molar-refractivity contribution >= 4 is 27.5 Å². The van der Waals surface area contributed by atoms with E-state index in [0.717, 1.165) is 5.33 Å². The quantitative estimate of drug-likeness (QED) is 0.681. The maximum atomic E-state index is 13.8. The van der Waals surface area contributed by atoms with Gasteiger partial charge in [-0.3, -0.25) is 0 Å². The highest BCUT2D eigenvalue weighted by Crippen LogP contribution is 2.34. The lowest BCUT2D eigenvalue weighted by Gasteiger charge is -2.32. The highest BCUT2D eigenvalue weighted by Gasteiger charge is 2.28. The Morgan fingerprint density at radius 2 is 2.06 bits per heavy atom. The van der Waals surface area contributed by atoms with Crippen molar-refractivity contribution in [2.75, 3.05) is 5.33 Å². The van der Waals surface area contributed by atoms with E-state index in [9.17, 15) is 4.39 Å². The average molecular weight is 308 g/mol. The molecule has 0 heterocycles. The number of rotatable bonds is 4. The van der Waals surface area contributed by atoms with Gasteiger partial charge in [-0.15, -0.1) is 0 Å². The Labute approximate surface area is 110 Å². The molecule has 0 nitrogen and oxygen atoms in total. The van der Waals surface area contributed by atoms with Crippen LogP contribution in [0.5, 0.6) is 0 Å². The van der Waals surface area contributed by atoms with Crippen molar-refractivity contribution in [3.05, 3.63) is 34.6 Å². The second-order valence-corrected chi connectivity index (χ2v) is 5.80. The third kappa shape index (κ3) is 2.98. The first kappa shape index (κ1) is 14.0. The van der Waals surface area contributed by atoms with E-state index in [1.54, 1.807) is 12.1 Å². The molecule has 1 rings (SSSR count). The molecule has 3 heteroatoms. The summed E-state index contributed by atoms with van der Waals surface area (Å²) in [6.07, 6.45) is 0.697. The fraction of sp³-hybridized carbons (Fsp3) is 0.538. The Balaban J connectivity index is 2.99. The number of alkyl halides is 1. The predicted molar refractivity (Wildman–Crippen MR) is 71.9 cm³/mol. The van der Waals surface area contributed by atoms with Gasteiger partial charge in [0.05, 0.1) is 5.02 Å². The summed E-state index contributed by atoms with van der Waals surface area (Å²) in [7, 11) is 0. The second kappa shape index (κ2) is 5.50. The van der Waals surface area contributed by atoms with Gasteiger partial charge in [-0.2, -0.15) is 0 Å². The smallest absolute Gasteiger partial charge is 0.144 e. The molecule has 0 saturated heterocycles. The summed E-state index contributed by atoms with van der Waals surface area (Å²) in [6, 6.07) is 5.20. The van der Waals surface area contributed by atoms with E-state index in [1.165, 1.54) is 0 Å². The normalized spacial score (nSPS) is 15.2. The molecular formula is C13H17BrClF. The fourth-order valence-electron chi connectivity index (χ4n) is 1.53. The van der Waals surface area contributed by atoms with Crippen molar-refractivity contribution in [3.8, 4) is 0 Å².